The van der Waals surface area contributed by atoms with Crippen LogP contribution in [0.4, 0.5) is 13.2 Å². The molecule has 0 saturated carbocycles. The predicted molar refractivity (Wildman–Crippen MR) is 85.2 cm³/mol. The topological polar surface area (TPSA) is 49.8 Å². The minimum Gasteiger partial charge on any atom is -0.390 e. The quantitative estimate of drug-likeness (QED) is 0.840. The Bertz CT molecular complexity index is 651. The number of piperidine rings is 1. The van der Waals surface area contributed by atoms with Gasteiger partial charge in [-0.2, -0.15) is 13.2 Å². The average Bonchev–Trinajstić information content (AvgIpc) is 2.57. The summed E-state index contributed by atoms with van der Waals surface area (Å²) in [7, 11) is 0. The number of amides is 1. The van der Waals surface area contributed by atoms with E-state index in [4.69, 9.17) is 4.74 Å². The summed E-state index contributed by atoms with van der Waals surface area (Å²) in [5.41, 5.74) is -0.832. The van der Waals surface area contributed by atoms with E-state index >= 15 is 0 Å². The van der Waals surface area contributed by atoms with Crippen LogP contribution in [-0.4, -0.2) is 47.3 Å². The van der Waals surface area contributed by atoms with Crippen LogP contribution >= 0.6 is 0 Å². The Balaban J connectivity index is 1.75. The van der Waals surface area contributed by atoms with Crippen LogP contribution < -0.4 is 0 Å². The normalized spacial score (nSPS) is 23.7. The number of aliphatic hydroxyl groups is 1. The molecular formula is C18H22F3NO3. The third kappa shape index (κ3) is 3.53. The van der Waals surface area contributed by atoms with Crippen molar-refractivity contribution in [2.45, 2.75) is 50.5 Å². The van der Waals surface area contributed by atoms with Gasteiger partial charge in [0.1, 0.15) is 0 Å². The molecule has 2 aliphatic heterocycles. The van der Waals surface area contributed by atoms with E-state index in [1.54, 1.807) is 11.8 Å². The molecule has 2 fully saturated rings. The summed E-state index contributed by atoms with van der Waals surface area (Å²) < 4.78 is 44.6. The number of halogens is 3. The molecule has 0 radical (unpaired) electrons. The standard InChI is InChI=1S/C18H22F3NO3/c1-12-4-5-13(18(19,20)21)11-14(12)16(24)22-8-6-17(7-9-22)15(23)3-2-10-25-17/h4-5,11,15,23H,2-3,6-10H2,1H3/t15-/m0/s1. The number of likely N-dealkylation sites (tertiary alicyclic amines) is 1. The summed E-state index contributed by atoms with van der Waals surface area (Å²) in [4.78, 5) is 14.3. The molecule has 0 unspecified atom stereocenters. The van der Waals surface area contributed by atoms with Gasteiger partial charge in [-0.25, -0.2) is 0 Å². The van der Waals surface area contributed by atoms with Gasteiger partial charge in [0.25, 0.3) is 5.91 Å². The fourth-order valence-electron chi connectivity index (χ4n) is 3.68. The second kappa shape index (κ2) is 6.61. The molecule has 25 heavy (non-hydrogen) atoms. The highest BCUT2D eigenvalue weighted by atomic mass is 19.4. The maximum atomic E-state index is 12.9. The molecule has 138 valence electrons. The van der Waals surface area contributed by atoms with Gasteiger partial charge in [-0.15, -0.1) is 0 Å². The smallest absolute Gasteiger partial charge is 0.390 e. The van der Waals surface area contributed by atoms with Gasteiger partial charge in [0.2, 0.25) is 0 Å². The second-order valence-electron chi connectivity index (χ2n) is 6.89. The Labute approximate surface area is 144 Å². The van der Waals surface area contributed by atoms with E-state index in [0.717, 1.165) is 18.6 Å². The lowest BCUT2D eigenvalue weighted by molar-refractivity contribution is -0.174. The average molecular weight is 357 g/mol. The van der Waals surface area contributed by atoms with Gasteiger partial charge in [0, 0.05) is 25.3 Å². The van der Waals surface area contributed by atoms with Crippen LogP contribution in [0, 0.1) is 6.92 Å². The molecule has 0 bridgehead atoms. The lowest BCUT2D eigenvalue weighted by atomic mass is 9.82. The van der Waals surface area contributed by atoms with Crippen molar-refractivity contribution in [3.05, 3.63) is 34.9 Å². The number of aliphatic hydroxyl groups excluding tert-OH is 1. The Morgan fingerprint density at radius 3 is 2.60 bits per heavy atom. The lowest BCUT2D eigenvalue weighted by Crippen LogP contribution is -2.56. The van der Waals surface area contributed by atoms with Gasteiger partial charge in [0.15, 0.2) is 0 Å². The molecule has 1 N–H and O–H groups in total. The molecule has 3 rings (SSSR count). The SMILES string of the molecule is Cc1ccc(C(F)(F)F)cc1C(=O)N1CCC2(CC1)OCCC[C@@H]2O. The van der Waals surface area contributed by atoms with Gasteiger partial charge in [-0.05, 0) is 50.3 Å². The lowest BCUT2D eigenvalue weighted by Gasteiger charge is -2.46. The molecule has 1 atom stereocenters. The number of aryl methyl sites for hydroxylation is 1. The molecule has 1 amide bonds. The molecule has 2 aliphatic rings. The van der Waals surface area contributed by atoms with Crippen LogP contribution in [0.15, 0.2) is 18.2 Å². The van der Waals surface area contributed by atoms with Crippen LogP contribution in [0.2, 0.25) is 0 Å². The van der Waals surface area contributed by atoms with Gasteiger partial charge in [-0.1, -0.05) is 6.07 Å². The molecule has 2 heterocycles. The molecule has 4 nitrogen and oxygen atoms in total. The Kier molecular flexibility index (Phi) is 4.81. The number of carbonyl (C=O) groups is 1. The van der Waals surface area contributed by atoms with E-state index in [2.05, 4.69) is 0 Å². The first-order chi connectivity index (χ1) is 11.7. The van der Waals surface area contributed by atoms with Crippen LogP contribution in [0.3, 0.4) is 0 Å². The fourth-order valence-corrected chi connectivity index (χ4v) is 3.68. The molecule has 0 aliphatic carbocycles. The third-order valence-electron chi connectivity index (χ3n) is 5.31. The van der Waals surface area contributed by atoms with E-state index in [1.165, 1.54) is 6.07 Å². The van der Waals surface area contributed by atoms with Crippen LogP contribution in [0.5, 0.6) is 0 Å². The highest BCUT2D eigenvalue weighted by molar-refractivity contribution is 5.96. The van der Waals surface area contributed by atoms with Crippen molar-refractivity contribution in [2.24, 2.45) is 0 Å². The van der Waals surface area contributed by atoms with E-state index in [0.29, 0.717) is 44.5 Å². The first-order valence-electron chi connectivity index (χ1n) is 8.52. The van der Waals surface area contributed by atoms with Crippen molar-refractivity contribution in [1.29, 1.82) is 0 Å². The summed E-state index contributed by atoms with van der Waals surface area (Å²) in [5.74, 6) is -0.399. The minimum atomic E-state index is -4.48. The van der Waals surface area contributed by atoms with Crippen molar-refractivity contribution < 1.29 is 27.8 Å². The molecule has 1 spiro atoms. The van der Waals surface area contributed by atoms with Crippen molar-refractivity contribution in [2.75, 3.05) is 19.7 Å². The number of ether oxygens (including phenoxy) is 1. The molecular weight excluding hydrogens is 335 g/mol. The van der Waals surface area contributed by atoms with E-state index in [-0.39, 0.29) is 5.56 Å². The first kappa shape index (κ1) is 18.2. The number of benzene rings is 1. The highest BCUT2D eigenvalue weighted by Gasteiger charge is 2.44. The summed E-state index contributed by atoms with van der Waals surface area (Å²) in [6, 6.07) is 3.24. The molecule has 2 saturated heterocycles. The maximum absolute atomic E-state index is 12.9. The number of carbonyl (C=O) groups excluding carboxylic acids is 1. The number of hydrogen-bond acceptors (Lipinski definition) is 3. The Morgan fingerprint density at radius 2 is 2.00 bits per heavy atom. The zero-order valence-electron chi connectivity index (χ0n) is 14.1. The van der Waals surface area contributed by atoms with Gasteiger partial charge in [0.05, 0.1) is 17.3 Å². The number of hydrogen-bond donors (Lipinski definition) is 1. The monoisotopic (exact) mass is 357 g/mol. The first-order valence-corrected chi connectivity index (χ1v) is 8.52. The zero-order chi connectivity index (χ0) is 18.2. The van der Waals surface area contributed by atoms with Crippen LogP contribution in [0.1, 0.15) is 47.2 Å². The Morgan fingerprint density at radius 1 is 1.32 bits per heavy atom. The van der Waals surface area contributed by atoms with Crippen LogP contribution in [0.25, 0.3) is 0 Å². The predicted octanol–water partition coefficient (Wildman–Crippen LogP) is 3.16. The van der Waals surface area contributed by atoms with E-state index in [9.17, 15) is 23.1 Å². The van der Waals surface area contributed by atoms with Gasteiger partial charge >= 0.3 is 6.18 Å². The Hall–Kier alpha value is -1.60. The summed E-state index contributed by atoms with van der Waals surface area (Å²) in [6.07, 6.45) is -2.53. The minimum absolute atomic E-state index is 0.0795. The van der Waals surface area contributed by atoms with E-state index < -0.39 is 29.4 Å². The zero-order valence-corrected chi connectivity index (χ0v) is 14.1. The van der Waals surface area contributed by atoms with E-state index in [1.807, 2.05) is 0 Å². The van der Waals surface area contributed by atoms with Gasteiger partial charge in [-0.3, -0.25) is 4.79 Å². The van der Waals surface area contributed by atoms with Crippen molar-refractivity contribution >= 4 is 5.91 Å². The maximum Gasteiger partial charge on any atom is 0.416 e. The molecule has 7 heteroatoms. The summed E-state index contributed by atoms with van der Waals surface area (Å²) in [5, 5.41) is 10.2. The number of alkyl halides is 3. The largest absolute Gasteiger partial charge is 0.416 e. The number of rotatable bonds is 1. The summed E-state index contributed by atoms with van der Waals surface area (Å²) >= 11 is 0. The van der Waals surface area contributed by atoms with Crippen molar-refractivity contribution in [1.82, 2.24) is 4.90 Å². The second-order valence-corrected chi connectivity index (χ2v) is 6.89. The van der Waals surface area contributed by atoms with Crippen molar-refractivity contribution in [3.8, 4) is 0 Å². The van der Waals surface area contributed by atoms with Crippen LogP contribution in [-0.2, 0) is 10.9 Å². The molecule has 1 aromatic carbocycles. The van der Waals surface area contributed by atoms with Gasteiger partial charge < -0.3 is 14.7 Å². The fraction of sp³-hybridized carbons (Fsp3) is 0.611. The molecule has 1 aromatic rings. The highest BCUT2D eigenvalue weighted by Crippen LogP contribution is 2.36. The number of nitrogens with zero attached hydrogens (tertiary/aromatic N) is 1. The third-order valence-corrected chi connectivity index (χ3v) is 5.31. The van der Waals surface area contributed by atoms with Crippen molar-refractivity contribution in [3.63, 3.8) is 0 Å². The molecule has 0 aromatic heterocycles. The summed E-state index contributed by atoms with van der Waals surface area (Å²) in [6.45, 7) is 2.96.